The molecule has 0 saturated heterocycles. The largest absolute Gasteiger partial charge is 0.352 e. The van der Waals surface area contributed by atoms with Crippen LogP contribution in [0.3, 0.4) is 0 Å². The molecule has 0 aliphatic heterocycles. The van der Waals surface area contributed by atoms with Crippen LogP contribution in [0.15, 0.2) is 42.5 Å². The molecule has 1 amide bonds. The predicted molar refractivity (Wildman–Crippen MR) is 85.6 cm³/mol. The van der Waals surface area contributed by atoms with Crippen LogP contribution in [0.25, 0.3) is 0 Å². The maximum absolute atomic E-state index is 12.0. The van der Waals surface area contributed by atoms with Crippen molar-refractivity contribution < 1.29 is 9.72 Å². The van der Waals surface area contributed by atoms with Crippen LogP contribution >= 0.6 is 23.2 Å². The van der Waals surface area contributed by atoms with Crippen molar-refractivity contribution in [1.82, 2.24) is 5.32 Å². The summed E-state index contributed by atoms with van der Waals surface area (Å²) >= 11 is 11.9. The topological polar surface area (TPSA) is 72.2 Å². The monoisotopic (exact) mass is 338 g/mol. The fourth-order valence-corrected chi connectivity index (χ4v) is 2.40. The van der Waals surface area contributed by atoms with E-state index < -0.39 is 4.92 Å². The number of rotatable bonds is 5. The average Bonchev–Trinajstić information content (AvgIpc) is 2.49. The molecule has 2 aromatic carbocycles. The molecule has 0 fully saturated rings. The normalized spacial score (nSPS) is 10.3. The van der Waals surface area contributed by atoms with E-state index in [2.05, 4.69) is 5.32 Å². The fourth-order valence-electron chi connectivity index (χ4n) is 1.90. The Balaban J connectivity index is 1.95. The summed E-state index contributed by atoms with van der Waals surface area (Å²) in [5.41, 5.74) is 0.996. The highest BCUT2D eigenvalue weighted by Gasteiger charge is 2.11. The summed E-state index contributed by atoms with van der Waals surface area (Å²) in [6.07, 6.45) is 0.538. The Bertz CT molecular complexity index is 720. The lowest BCUT2D eigenvalue weighted by atomic mass is 10.1. The number of hydrogen-bond acceptors (Lipinski definition) is 3. The number of benzene rings is 2. The van der Waals surface area contributed by atoms with Crippen molar-refractivity contribution in [3.63, 3.8) is 0 Å². The van der Waals surface area contributed by atoms with Crippen LogP contribution in [0.5, 0.6) is 0 Å². The minimum atomic E-state index is -0.537. The third-order valence-electron chi connectivity index (χ3n) is 3.01. The van der Waals surface area contributed by atoms with Crippen LogP contribution in [-0.2, 0) is 6.42 Å². The van der Waals surface area contributed by atoms with Gasteiger partial charge in [0.15, 0.2) is 0 Å². The quantitative estimate of drug-likeness (QED) is 0.664. The van der Waals surface area contributed by atoms with Gasteiger partial charge in [-0.15, -0.1) is 0 Å². The summed E-state index contributed by atoms with van der Waals surface area (Å²) in [4.78, 5) is 22.1. The second-order valence-electron chi connectivity index (χ2n) is 4.55. The van der Waals surface area contributed by atoms with E-state index in [9.17, 15) is 14.9 Å². The first-order chi connectivity index (χ1) is 10.5. The summed E-state index contributed by atoms with van der Waals surface area (Å²) in [6.45, 7) is 0.364. The highest BCUT2D eigenvalue weighted by Crippen LogP contribution is 2.21. The summed E-state index contributed by atoms with van der Waals surface area (Å²) in [5, 5.41) is 14.5. The van der Waals surface area contributed by atoms with Crippen molar-refractivity contribution >= 4 is 34.8 Å². The Hall–Kier alpha value is -2.11. The van der Waals surface area contributed by atoms with Crippen molar-refractivity contribution in [2.45, 2.75) is 6.42 Å². The van der Waals surface area contributed by atoms with Crippen LogP contribution in [0.1, 0.15) is 15.9 Å². The molecule has 0 bridgehead atoms. The standard InChI is InChI=1S/C15H12Cl2N2O3/c16-12-5-4-10(14(17)9-12)6-7-18-15(20)11-2-1-3-13(8-11)19(21)22/h1-5,8-9H,6-7H2,(H,18,20). The Kier molecular flexibility index (Phi) is 5.35. The SMILES string of the molecule is O=C(NCCc1ccc(Cl)cc1Cl)c1cccc([N+](=O)[O-])c1. The van der Waals surface area contributed by atoms with E-state index in [4.69, 9.17) is 23.2 Å². The van der Waals surface area contributed by atoms with Gasteiger partial charge in [-0.3, -0.25) is 14.9 Å². The van der Waals surface area contributed by atoms with Gasteiger partial charge in [0.05, 0.1) is 4.92 Å². The van der Waals surface area contributed by atoms with E-state index in [1.54, 1.807) is 18.2 Å². The molecule has 5 nitrogen and oxygen atoms in total. The molecule has 1 N–H and O–H groups in total. The Morgan fingerprint density at radius 2 is 1.95 bits per heavy atom. The molecule has 0 aromatic heterocycles. The zero-order valence-corrected chi connectivity index (χ0v) is 12.9. The number of carbonyl (C=O) groups excluding carboxylic acids is 1. The number of nitro groups is 1. The van der Waals surface area contributed by atoms with Gasteiger partial charge in [-0.2, -0.15) is 0 Å². The van der Waals surface area contributed by atoms with E-state index in [0.29, 0.717) is 23.0 Å². The van der Waals surface area contributed by atoms with Crippen LogP contribution < -0.4 is 5.32 Å². The third kappa shape index (κ3) is 4.19. The number of nitrogens with zero attached hydrogens (tertiary/aromatic N) is 1. The number of amides is 1. The van der Waals surface area contributed by atoms with Crippen LogP contribution in [0.4, 0.5) is 5.69 Å². The Morgan fingerprint density at radius 1 is 1.18 bits per heavy atom. The molecule has 2 aromatic rings. The predicted octanol–water partition coefficient (Wildman–Crippen LogP) is 3.87. The molecular formula is C15H12Cl2N2O3. The highest BCUT2D eigenvalue weighted by atomic mass is 35.5. The van der Waals surface area contributed by atoms with Crippen molar-refractivity contribution in [2.24, 2.45) is 0 Å². The summed E-state index contributed by atoms with van der Waals surface area (Å²) < 4.78 is 0. The molecule has 7 heteroatoms. The lowest BCUT2D eigenvalue weighted by molar-refractivity contribution is -0.384. The molecule has 0 aliphatic carbocycles. The fraction of sp³-hybridized carbons (Fsp3) is 0.133. The molecule has 0 radical (unpaired) electrons. The van der Waals surface area contributed by atoms with Gasteiger partial charge < -0.3 is 5.32 Å². The molecule has 2 rings (SSSR count). The molecule has 114 valence electrons. The van der Waals surface area contributed by atoms with Gasteiger partial charge in [0.2, 0.25) is 0 Å². The summed E-state index contributed by atoms with van der Waals surface area (Å²) in [5.74, 6) is -0.367. The number of nitrogens with one attached hydrogen (secondary N) is 1. The molecule has 0 atom stereocenters. The van der Waals surface area contributed by atoms with Crippen LogP contribution in [0.2, 0.25) is 10.0 Å². The number of non-ortho nitro benzene ring substituents is 1. The van der Waals surface area contributed by atoms with Gasteiger partial charge in [-0.1, -0.05) is 35.3 Å². The lowest BCUT2D eigenvalue weighted by Crippen LogP contribution is -2.25. The number of carbonyl (C=O) groups is 1. The second-order valence-corrected chi connectivity index (χ2v) is 5.39. The van der Waals surface area contributed by atoms with E-state index in [1.165, 1.54) is 24.3 Å². The molecule has 0 aliphatic rings. The Morgan fingerprint density at radius 3 is 2.64 bits per heavy atom. The van der Waals surface area contributed by atoms with Crippen molar-refractivity contribution in [3.05, 3.63) is 73.8 Å². The number of halogens is 2. The van der Waals surface area contributed by atoms with Gasteiger partial charge in [0.25, 0.3) is 11.6 Å². The molecular weight excluding hydrogens is 327 g/mol. The maximum atomic E-state index is 12.0. The van der Waals surface area contributed by atoms with E-state index in [-0.39, 0.29) is 17.2 Å². The van der Waals surface area contributed by atoms with Crippen molar-refractivity contribution in [2.75, 3.05) is 6.54 Å². The highest BCUT2D eigenvalue weighted by molar-refractivity contribution is 6.35. The molecule has 22 heavy (non-hydrogen) atoms. The molecule has 0 saturated carbocycles. The van der Waals surface area contributed by atoms with Crippen LogP contribution in [0, 0.1) is 10.1 Å². The third-order valence-corrected chi connectivity index (χ3v) is 3.60. The van der Waals surface area contributed by atoms with Crippen molar-refractivity contribution in [3.8, 4) is 0 Å². The smallest absolute Gasteiger partial charge is 0.270 e. The minimum absolute atomic E-state index is 0.117. The van der Waals surface area contributed by atoms with Gasteiger partial charge in [-0.25, -0.2) is 0 Å². The molecule has 0 heterocycles. The van der Waals surface area contributed by atoms with Crippen LogP contribution in [-0.4, -0.2) is 17.4 Å². The lowest BCUT2D eigenvalue weighted by Gasteiger charge is -2.07. The van der Waals surface area contributed by atoms with Gasteiger partial charge >= 0.3 is 0 Å². The first-order valence-electron chi connectivity index (χ1n) is 6.44. The zero-order chi connectivity index (χ0) is 16.1. The second kappa shape index (κ2) is 7.24. The zero-order valence-electron chi connectivity index (χ0n) is 11.4. The first kappa shape index (κ1) is 16.3. The number of hydrogen-bond donors (Lipinski definition) is 1. The molecule has 0 unspecified atom stereocenters. The summed E-state index contributed by atoms with van der Waals surface area (Å²) in [6, 6.07) is 10.7. The van der Waals surface area contributed by atoms with Crippen molar-refractivity contribution in [1.29, 1.82) is 0 Å². The maximum Gasteiger partial charge on any atom is 0.270 e. The van der Waals surface area contributed by atoms with E-state index >= 15 is 0 Å². The minimum Gasteiger partial charge on any atom is -0.352 e. The molecule has 0 spiro atoms. The number of nitro benzene ring substituents is 1. The van der Waals surface area contributed by atoms with E-state index in [1.807, 2.05) is 0 Å². The van der Waals surface area contributed by atoms with Gasteiger partial charge in [0.1, 0.15) is 0 Å². The summed E-state index contributed by atoms with van der Waals surface area (Å²) in [7, 11) is 0. The van der Waals surface area contributed by atoms with E-state index in [0.717, 1.165) is 5.56 Å². The first-order valence-corrected chi connectivity index (χ1v) is 7.19. The average molecular weight is 339 g/mol. The Labute approximate surface area is 137 Å². The van der Waals surface area contributed by atoms with Gasteiger partial charge in [-0.05, 0) is 30.2 Å². The van der Waals surface area contributed by atoms with Gasteiger partial charge in [0, 0.05) is 34.3 Å².